The molecular weight excluding hydrogens is 256 g/mol. The lowest BCUT2D eigenvalue weighted by molar-refractivity contribution is 1.02. The molecule has 4 nitrogen and oxygen atoms in total. The highest BCUT2D eigenvalue weighted by atomic mass is 32.2. The lowest BCUT2D eigenvalue weighted by Gasteiger charge is -2.10. The standard InChI is InChI=1S/C14H18N4S/c1-3-11-9-17-14(15)18-13(11)16-8-10-5-4-6-12(7-10)19-2/h4-7,9H,3,8H2,1-2H3,(H3,15,16,17,18). The SMILES string of the molecule is CCc1cnc(N)nc1NCc1cccc(SC)c1. The van der Waals surface area contributed by atoms with Crippen LogP contribution in [0.1, 0.15) is 18.1 Å². The van der Waals surface area contributed by atoms with Crippen LogP contribution >= 0.6 is 11.8 Å². The van der Waals surface area contributed by atoms with Crippen LogP contribution in [0.3, 0.4) is 0 Å². The van der Waals surface area contributed by atoms with Gasteiger partial charge in [-0.25, -0.2) is 4.98 Å². The Morgan fingerprint density at radius 1 is 1.37 bits per heavy atom. The minimum Gasteiger partial charge on any atom is -0.368 e. The quantitative estimate of drug-likeness (QED) is 0.821. The van der Waals surface area contributed by atoms with Crippen LogP contribution in [0.4, 0.5) is 11.8 Å². The summed E-state index contributed by atoms with van der Waals surface area (Å²) in [5.74, 6) is 1.13. The van der Waals surface area contributed by atoms with Crippen molar-refractivity contribution in [2.45, 2.75) is 24.8 Å². The number of thioether (sulfide) groups is 1. The first-order valence-corrected chi connectivity index (χ1v) is 7.43. The van der Waals surface area contributed by atoms with Crippen molar-refractivity contribution >= 4 is 23.5 Å². The first kappa shape index (κ1) is 13.7. The third-order valence-electron chi connectivity index (χ3n) is 2.86. The van der Waals surface area contributed by atoms with Crippen molar-refractivity contribution in [2.75, 3.05) is 17.3 Å². The molecule has 3 N–H and O–H groups in total. The highest BCUT2D eigenvalue weighted by molar-refractivity contribution is 7.98. The molecule has 0 saturated heterocycles. The fourth-order valence-corrected chi connectivity index (χ4v) is 2.28. The summed E-state index contributed by atoms with van der Waals surface area (Å²) < 4.78 is 0. The van der Waals surface area contributed by atoms with E-state index >= 15 is 0 Å². The van der Waals surface area contributed by atoms with E-state index in [-0.39, 0.29) is 0 Å². The second-order valence-electron chi connectivity index (χ2n) is 4.16. The molecule has 0 aliphatic heterocycles. The van der Waals surface area contributed by atoms with Crippen molar-refractivity contribution in [3.8, 4) is 0 Å². The van der Waals surface area contributed by atoms with Gasteiger partial charge in [0.05, 0.1) is 0 Å². The lowest BCUT2D eigenvalue weighted by atomic mass is 10.2. The summed E-state index contributed by atoms with van der Waals surface area (Å²) in [5.41, 5.74) is 7.94. The molecule has 0 spiro atoms. The van der Waals surface area contributed by atoms with Gasteiger partial charge in [0.2, 0.25) is 5.95 Å². The van der Waals surface area contributed by atoms with Gasteiger partial charge in [-0.2, -0.15) is 4.98 Å². The number of nitrogens with zero attached hydrogens (tertiary/aromatic N) is 2. The van der Waals surface area contributed by atoms with Crippen LogP contribution in [0.25, 0.3) is 0 Å². The van der Waals surface area contributed by atoms with E-state index in [2.05, 4.69) is 52.7 Å². The fourth-order valence-electron chi connectivity index (χ4n) is 1.80. The number of anilines is 2. The average Bonchev–Trinajstić information content (AvgIpc) is 2.45. The molecule has 0 fully saturated rings. The molecule has 19 heavy (non-hydrogen) atoms. The molecule has 2 aromatic rings. The summed E-state index contributed by atoms with van der Waals surface area (Å²) in [4.78, 5) is 9.53. The summed E-state index contributed by atoms with van der Waals surface area (Å²) in [6, 6.07) is 8.45. The van der Waals surface area contributed by atoms with Gasteiger partial charge in [0, 0.05) is 23.2 Å². The van der Waals surface area contributed by atoms with Crippen LogP contribution in [0.5, 0.6) is 0 Å². The van der Waals surface area contributed by atoms with Crippen molar-refractivity contribution in [3.05, 3.63) is 41.6 Å². The molecule has 1 aromatic carbocycles. The highest BCUT2D eigenvalue weighted by Crippen LogP contribution is 2.18. The van der Waals surface area contributed by atoms with Gasteiger partial charge < -0.3 is 11.1 Å². The van der Waals surface area contributed by atoms with Crippen LogP contribution in [-0.2, 0) is 13.0 Å². The lowest BCUT2D eigenvalue weighted by Crippen LogP contribution is -2.07. The first-order chi connectivity index (χ1) is 9.22. The van der Waals surface area contributed by atoms with Crippen molar-refractivity contribution < 1.29 is 0 Å². The number of hydrogen-bond acceptors (Lipinski definition) is 5. The van der Waals surface area contributed by atoms with Gasteiger partial charge in [-0.3, -0.25) is 0 Å². The molecule has 0 radical (unpaired) electrons. The van der Waals surface area contributed by atoms with Crippen LogP contribution in [0.2, 0.25) is 0 Å². The van der Waals surface area contributed by atoms with Gasteiger partial charge in [0.15, 0.2) is 0 Å². The van der Waals surface area contributed by atoms with E-state index in [0.29, 0.717) is 5.95 Å². The van der Waals surface area contributed by atoms with E-state index in [1.807, 2.05) is 0 Å². The molecule has 0 aliphatic rings. The summed E-state index contributed by atoms with van der Waals surface area (Å²) in [7, 11) is 0. The third-order valence-corrected chi connectivity index (χ3v) is 3.58. The number of rotatable bonds is 5. The minimum absolute atomic E-state index is 0.303. The van der Waals surface area contributed by atoms with Crippen molar-refractivity contribution in [1.29, 1.82) is 0 Å². The molecular formula is C14H18N4S. The number of nitrogen functional groups attached to an aromatic ring is 1. The Hall–Kier alpha value is -1.75. The smallest absolute Gasteiger partial charge is 0.221 e. The highest BCUT2D eigenvalue weighted by Gasteiger charge is 2.04. The fraction of sp³-hybridized carbons (Fsp3) is 0.286. The third kappa shape index (κ3) is 3.61. The van der Waals surface area contributed by atoms with Gasteiger partial charge in [0.1, 0.15) is 5.82 Å². The predicted octanol–water partition coefficient (Wildman–Crippen LogP) is 2.96. The summed E-state index contributed by atoms with van der Waals surface area (Å²) in [6.07, 6.45) is 4.74. The number of benzene rings is 1. The van der Waals surface area contributed by atoms with E-state index in [1.54, 1.807) is 18.0 Å². The molecule has 0 saturated carbocycles. The molecule has 0 bridgehead atoms. The molecule has 1 aromatic heterocycles. The maximum atomic E-state index is 5.63. The zero-order valence-corrected chi connectivity index (χ0v) is 12.0. The van der Waals surface area contributed by atoms with E-state index in [1.165, 1.54) is 10.5 Å². The Labute approximate surface area is 117 Å². The Bertz CT molecular complexity index is 557. The summed E-state index contributed by atoms with van der Waals surface area (Å²) >= 11 is 1.74. The van der Waals surface area contributed by atoms with Crippen LogP contribution in [0.15, 0.2) is 35.4 Å². The van der Waals surface area contributed by atoms with Crippen molar-refractivity contribution in [1.82, 2.24) is 9.97 Å². The molecule has 2 rings (SSSR count). The molecule has 0 atom stereocenters. The largest absolute Gasteiger partial charge is 0.368 e. The second-order valence-corrected chi connectivity index (χ2v) is 5.04. The van der Waals surface area contributed by atoms with E-state index in [0.717, 1.165) is 24.3 Å². The number of nitrogens with two attached hydrogens (primary N) is 1. The average molecular weight is 274 g/mol. The second kappa shape index (κ2) is 6.43. The van der Waals surface area contributed by atoms with Crippen molar-refractivity contribution in [3.63, 3.8) is 0 Å². The van der Waals surface area contributed by atoms with Gasteiger partial charge in [-0.1, -0.05) is 19.1 Å². The molecule has 0 amide bonds. The Morgan fingerprint density at radius 3 is 2.95 bits per heavy atom. The Morgan fingerprint density at radius 2 is 2.21 bits per heavy atom. The molecule has 100 valence electrons. The Kier molecular flexibility index (Phi) is 4.63. The van der Waals surface area contributed by atoms with E-state index < -0.39 is 0 Å². The van der Waals surface area contributed by atoms with Gasteiger partial charge in [-0.15, -0.1) is 11.8 Å². The zero-order valence-electron chi connectivity index (χ0n) is 11.2. The number of aromatic nitrogens is 2. The van der Waals surface area contributed by atoms with Crippen LogP contribution in [0, 0.1) is 0 Å². The topological polar surface area (TPSA) is 63.8 Å². The first-order valence-electron chi connectivity index (χ1n) is 6.21. The summed E-state index contributed by atoms with van der Waals surface area (Å²) in [6.45, 7) is 2.81. The zero-order chi connectivity index (χ0) is 13.7. The maximum Gasteiger partial charge on any atom is 0.221 e. The molecule has 0 unspecified atom stereocenters. The van der Waals surface area contributed by atoms with E-state index in [4.69, 9.17) is 5.73 Å². The minimum atomic E-state index is 0.303. The number of hydrogen-bond donors (Lipinski definition) is 2. The van der Waals surface area contributed by atoms with Gasteiger partial charge in [-0.05, 0) is 30.4 Å². The normalized spacial score (nSPS) is 10.4. The van der Waals surface area contributed by atoms with Crippen molar-refractivity contribution in [2.24, 2.45) is 0 Å². The van der Waals surface area contributed by atoms with E-state index in [9.17, 15) is 0 Å². The molecule has 1 heterocycles. The molecule has 0 aliphatic carbocycles. The predicted molar refractivity (Wildman–Crippen MR) is 81.4 cm³/mol. The number of aryl methyl sites for hydroxylation is 1. The number of nitrogens with one attached hydrogen (secondary N) is 1. The maximum absolute atomic E-state index is 5.63. The molecule has 5 heteroatoms. The summed E-state index contributed by atoms with van der Waals surface area (Å²) in [5, 5.41) is 3.33. The van der Waals surface area contributed by atoms with Crippen LogP contribution < -0.4 is 11.1 Å². The van der Waals surface area contributed by atoms with Crippen LogP contribution in [-0.4, -0.2) is 16.2 Å². The van der Waals surface area contributed by atoms with Gasteiger partial charge >= 0.3 is 0 Å². The Balaban J connectivity index is 2.11. The monoisotopic (exact) mass is 274 g/mol. The van der Waals surface area contributed by atoms with Gasteiger partial charge in [0.25, 0.3) is 0 Å².